The smallest absolute Gasteiger partial charge is 0.254 e. The number of amides is 1. The first-order valence-electron chi connectivity index (χ1n) is 11.0. The summed E-state index contributed by atoms with van der Waals surface area (Å²) in [6, 6.07) is 16.4. The van der Waals surface area contributed by atoms with Crippen molar-refractivity contribution in [3.05, 3.63) is 81.5 Å². The molecular weight excluding hydrogens is 456 g/mol. The molecule has 1 saturated carbocycles. The summed E-state index contributed by atoms with van der Waals surface area (Å²) < 4.78 is 33.4. The van der Waals surface area contributed by atoms with Crippen molar-refractivity contribution in [3.8, 4) is 5.75 Å². The predicted molar refractivity (Wildman–Crippen MR) is 128 cm³/mol. The molecule has 0 bridgehead atoms. The Morgan fingerprint density at radius 3 is 2.67 bits per heavy atom. The minimum absolute atomic E-state index is 0.135. The van der Waals surface area contributed by atoms with Crippen LogP contribution in [0.25, 0.3) is 0 Å². The summed E-state index contributed by atoms with van der Waals surface area (Å²) in [6.45, 7) is 1.32. The maximum absolute atomic E-state index is 13.4. The molecule has 5 rings (SSSR count). The number of sulfonamides is 1. The predicted octanol–water partition coefficient (Wildman–Crippen LogP) is 4.31. The van der Waals surface area contributed by atoms with Gasteiger partial charge in [-0.3, -0.25) is 4.79 Å². The van der Waals surface area contributed by atoms with Crippen LogP contribution in [0.4, 0.5) is 0 Å². The minimum atomic E-state index is -3.68. The van der Waals surface area contributed by atoms with E-state index in [2.05, 4.69) is 0 Å². The Bertz CT molecular complexity index is 1260. The number of hydrogen-bond acceptors (Lipinski definition) is 5. The number of ether oxygens (including phenoxy) is 1. The molecule has 1 amide bonds. The number of nitrogens with zero attached hydrogens (tertiary/aromatic N) is 2. The molecule has 1 aliphatic heterocycles. The molecule has 2 heterocycles. The van der Waals surface area contributed by atoms with Gasteiger partial charge >= 0.3 is 0 Å². The Labute approximate surface area is 198 Å². The van der Waals surface area contributed by atoms with Crippen molar-refractivity contribution in [3.63, 3.8) is 0 Å². The highest BCUT2D eigenvalue weighted by molar-refractivity contribution is 7.89. The lowest BCUT2D eigenvalue weighted by molar-refractivity contribution is 0.0729. The van der Waals surface area contributed by atoms with E-state index in [1.165, 1.54) is 15.2 Å². The van der Waals surface area contributed by atoms with E-state index in [1.807, 2.05) is 40.6 Å². The van der Waals surface area contributed by atoms with E-state index in [0.29, 0.717) is 25.2 Å². The fourth-order valence-electron chi connectivity index (χ4n) is 4.21. The molecule has 2 aromatic carbocycles. The molecule has 3 aromatic rings. The number of carbonyl (C=O) groups excluding carboxylic acids is 1. The molecule has 33 heavy (non-hydrogen) atoms. The van der Waals surface area contributed by atoms with Gasteiger partial charge in [-0.05, 0) is 72.2 Å². The van der Waals surface area contributed by atoms with Gasteiger partial charge < -0.3 is 9.64 Å². The van der Waals surface area contributed by atoms with E-state index in [0.717, 1.165) is 36.1 Å². The third-order valence-electron chi connectivity index (χ3n) is 6.25. The SMILES string of the molecule is COc1ccc(CN(C(=O)c2cccc(S(=O)(=O)N3CCc4sccc4C3)c2)C2CC2)cc1. The molecule has 2 aliphatic rings. The molecule has 0 spiro atoms. The topological polar surface area (TPSA) is 66.9 Å². The number of hydrogen-bond donors (Lipinski definition) is 0. The van der Waals surface area contributed by atoms with Crippen molar-refractivity contribution in [2.24, 2.45) is 0 Å². The van der Waals surface area contributed by atoms with Crippen LogP contribution in [0.3, 0.4) is 0 Å². The molecule has 172 valence electrons. The van der Waals surface area contributed by atoms with Gasteiger partial charge in [-0.25, -0.2) is 8.42 Å². The maximum Gasteiger partial charge on any atom is 0.254 e. The van der Waals surface area contributed by atoms with Gasteiger partial charge in [-0.1, -0.05) is 18.2 Å². The van der Waals surface area contributed by atoms with Gasteiger partial charge in [-0.15, -0.1) is 11.3 Å². The third-order valence-corrected chi connectivity index (χ3v) is 9.12. The summed E-state index contributed by atoms with van der Waals surface area (Å²) in [5, 5.41) is 2.01. The van der Waals surface area contributed by atoms with E-state index in [1.54, 1.807) is 36.6 Å². The molecule has 8 heteroatoms. The quantitative estimate of drug-likeness (QED) is 0.503. The largest absolute Gasteiger partial charge is 0.497 e. The summed E-state index contributed by atoms with van der Waals surface area (Å²) in [6.07, 6.45) is 2.66. The van der Waals surface area contributed by atoms with Gasteiger partial charge in [0.25, 0.3) is 5.91 Å². The molecule has 1 aromatic heterocycles. The fourth-order valence-corrected chi connectivity index (χ4v) is 6.57. The van der Waals surface area contributed by atoms with Gasteiger partial charge in [0.2, 0.25) is 10.0 Å². The summed E-state index contributed by atoms with van der Waals surface area (Å²) in [5.74, 6) is 0.636. The van der Waals surface area contributed by atoms with E-state index in [-0.39, 0.29) is 16.8 Å². The number of carbonyl (C=O) groups is 1. The van der Waals surface area contributed by atoms with Crippen molar-refractivity contribution in [1.82, 2.24) is 9.21 Å². The lowest BCUT2D eigenvalue weighted by Crippen LogP contribution is -2.36. The summed E-state index contributed by atoms with van der Waals surface area (Å²) in [4.78, 5) is 16.7. The normalized spacial score (nSPS) is 16.3. The molecule has 6 nitrogen and oxygen atoms in total. The average Bonchev–Trinajstić information content (AvgIpc) is 3.58. The van der Waals surface area contributed by atoms with E-state index >= 15 is 0 Å². The van der Waals surface area contributed by atoms with Gasteiger partial charge in [0.05, 0.1) is 12.0 Å². The molecule has 0 atom stereocenters. The van der Waals surface area contributed by atoms with Crippen LogP contribution >= 0.6 is 11.3 Å². The van der Waals surface area contributed by atoms with Crippen molar-refractivity contribution in [1.29, 1.82) is 0 Å². The van der Waals surface area contributed by atoms with Crippen LogP contribution in [0.1, 0.15) is 39.2 Å². The Hall–Kier alpha value is -2.68. The summed E-state index contributed by atoms with van der Waals surface area (Å²) in [7, 11) is -2.06. The van der Waals surface area contributed by atoms with Crippen LogP contribution in [0, 0.1) is 0 Å². The van der Waals surface area contributed by atoms with Crippen LogP contribution in [-0.4, -0.2) is 43.2 Å². The molecule has 0 saturated heterocycles. The zero-order chi connectivity index (χ0) is 23.0. The first-order chi connectivity index (χ1) is 16.0. The second kappa shape index (κ2) is 8.93. The highest BCUT2D eigenvalue weighted by Crippen LogP contribution is 2.32. The molecule has 1 fully saturated rings. The standard InChI is InChI=1S/C25H26N2O4S2/c1-31-22-9-5-18(6-10-22)16-27(21-7-8-21)25(28)19-3-2-4-23(15-19)33(29,30)26-13-11-24-20(17-26)12-14-32-24/h2-6,9-10,12,14-15,21H,7-8,11,13,16-17H2,1H3. The first-order valence-corrected chi connectivity index (χ1v) is 13.4. The van der Waals surface area contributed by atoms with Crippen LogP contribution in [0.5, 0.6) is 5.75 Å². The molecular formula is C25H26N2O4S2. The summed E-state index contributed by atoms with van der Waals surface area (Å²) >= 11 is 1.68. The Kier molecular flexibility index (Phi) is 5.99. The number of methoxy groups -OCH3 is 1. The Morgan fingerprint density at radius 2 is 1.94 bits per heavy atom. The lowest BCUT2D eigenvalue weighted by atomic mass is 10.1. The van der Waals surface area contributed by atoms with Gasteiger partial charge in [0.15, 0.2) is 0 Å². The number of thiophene rings is 1. The first kappa shape index (κ1) is 22.1. The molecule has 0 radical (unpaired) electrons. The van der Waals surface area contributed by atoms with E-state index in [4.69, 9.17) is 4.74 Å². The van der Waals surface area contributed by atoms with Gasteiger partial charge in [0, 0.05) is 36.1 Å². The minimum Gasteiger partial charge on any atom is -0.497 e. The van der Waals surface area contributed by atoms with Crippen molar-refractivity contribution in [2.75, 3.05) is 13.7 Å². The Balaban J connectivity index is 1.37. The highest BCUT2D eigenvalue weighted by Gasteiger charge is 2.34. The maximum atomic E-state index is 13.4. The van der Waals surface area contributed by atoms with Crippen LogP contribution < -0.4 is 4.74 Å². The summed E-state index contributed by atoms with van der Waals surface area (Å²) in [5.41, 5.74) is 2.49. The van der Waals surface area contributed by atoms with Crippen LogP contribution in [-0.2, 0) is 29.5 Å². The Morgan fingerprint density at radius 1 is 1.15 bits per heavy atom. The zero-order valence-electron chi connectivity index (χ0n) is 18.4. The number of rotatable bonds is 7. The second-order valence-electron chi connectivity index (χ2n) is 8.50. The van der Waals surface area contributed by atoms with Crippen LogP contribution in [0.15, 0.2) is 64.9 Å². The van der Waals surface area contributed by atoms with Crippen molar-refractivity contribution < 1.29 is 17.9 Å². The van der Waals surface area contributed by atoms with Gasteiger partial charge in [-0.2, -0.15) is 4.31 Å². The van der Waals surface area contributed by atoms with Gasteiger partial charge in [0.1, 0.15) is 5.75 Å². The van der Waals surface area contributed by atoms with E-state index in [9.17, 15) is 13.2 Å². The lowest BCUT2D eigenvalue weighted by Gasteiger charge is -2.27. The number of fused-ring (bicyclic) bond motifs is 1. The molecule has 0 unspecified atom stereocenters. The monoisotopic (exact) mass is 482 g/mol. The zero-order valence-corrected chi connectivity index (χ0v) is 20.1. The van der Waals surface area contributed by atoms with Crippen LogP contribution in [0.2, 0.25) is 0 Å². The molecule has 1 aliphatic carbocycles. The number of benzene rings is 2. The second-order valence-corrected chi connectivity index (χ2v) is 11.4. The highest BCUT2D eigenvalue weighted by atomic mass is 32.2. The van der Waals surface area contributed by atoms with Crippen molar-refractivity contribution >= 4 is 27.3 Å². The van der Waals surface area contributed by atoms with Crippen molar-refractivity contribution in [2.45, 2.75) is 43.3 Å². The fraction of sp³-hybridized carbons (Fsp3) is 0.320. The third kappa shape index (κ3) is 4.55. The molecule has 0 N–H and O–H groups in total. The average molecular weight is 483 g/mol. The van der Waals surface area contributed by atoms with E-state index < -0.39 is 10.0 Å².